The number of thiophene rings is 1. The van der Waals surface area contributed by atoms with E-state index in [1.165, 1.54) is 27.2 Å². The molecule has 1 saturated heterocycles. The van der Waals surface area contributed by atoms with E-state index in [9.17, 15) is 4.79 Å². The van der Waals surface area contributed by atoms with Crippen LogP contribution in [0, 0.1) is 13.8 Å². The fourth-order valence-corrected chi connectivity index (χ4v) is 6.73. The van der Waals surface area contributed by atoms with E-state index in [1.807, 2.05) is 24.3 Å². The summed E-state index contributed by atoms with van der Waals surface area (Å²) in [6.07, 6.45) is 0. The van der Waals surface area contributed by atoms with Crippen LogP contribution in [-0.2, 0) is 0 Å². The van der Waals surface area contributed by atoms with Gasteiger partial charge < -0.3 is 10.2 Å². The maximum Gasteiger partial charge on any atom is 0.262 e. The lowest BCUT2D eigenvalue weighted by Gasteiger charge is -2.34. The quantitative estimate of drug-likeness (QED) is 0.415. The molecule has 1 N–H and O–H groups in total. The van der Waals surface area contributed by atoms with Gasteiger partial charge in [0.2, 0.25) is 0 Å². The van der Waals surface area contributed by atoms with Crippen LogP contribution in [0.3, 0.4) is 0 Å². The first-order chi connectivity index (χ1) is 15.5. The van der Waals surface area contributed by atoms with Crippen molar-refractivity contribution >= 4 is 65.6 Å². The van der Waals surface area contributed by atoms with Gasteiger partial charge in [0, 0.05) is 49.4 Å². The van der Waals surface area contributed by atoms with E-state index in [2.05, 4.69) is 41.1 Å². The molecule has 8 heteroatoms. The fourth-order valence-electron chi connectivity index (χ4n) is 4.23. The molecule has 3 heterocycles. The first-order valence-corrected chi connectivity index (χ1v) is 12.8. The van der Waals surface area contributed by atoms with Gasteiger partial charge in [0.05, 0.1) is 15.2 Å². The Hall–Kier alpha value is -2.19. The van der Waals surface area contributed by atoms with Gasteiger partial charge in [-0.25, -0.2) is 4.98 Å². The van der Waals surface area contributed by atoms with Crippen molar-refractivity contribution in [2.75, 3.05) is 44.2 Å². The fraction of sp³-hybridized carbons (Fsp3) is 0.333. The van der Waals surface area contributed by atoms with Crippen molar-refractivity contribution in [3.05, 3.63) is 57.4 Å². The van der Waals surface area contributed by atoms with Crippen molar-refractivity contribution in [2.24, 2.45) is 0 Å². The number of amides is 1. The Balaban J connectivity index is 1.14. The summed E-state index contributed by atoms with van der Waals surface area (Å²) in [7, 11) is 0. The Morgan fingerprint density at radius 3 is 2.69 bits per heavy atom. The second-order valence-corrected chi connectivity index (χ2v) is 10.7. The van der Waals surface area contributed by atoms with E-state index in [-0.39, 0.29) is 5.91 Å². The number of hydrogen-bond donors (Lipinski definition) is 1. The summed E-state index contributed by atoms with van der Waals surface area (Å²) >= 11 is 9.67. The third-order valence-corrected chi connectivity index (χ3v) is 8.85. The first-order valence-electron chi connectivity index (χ1n) is 10.8. The summed E-state index contributed by atoms with van der Waals surface area (Å²) in [6, 6.07) is 12.3. The van der Waals surface area contributed by atoms with Crippen molar-refractivity contribution in [3.63, 3.8) is 0 Å². The zero-order valence-corrected chi connectivity index (χ0v) is 20.5. The first kappa shape index (κ1) is 21.6. The Bertz CT molecular complexity index is 1290. The number of thiazole rings is 1. The topological polar surface area (TPSA) is 48.5 Å². The molecule has 0 unspecified atom stereocenters. The molecule has 32 heavy (non-hydrogen) atoms. The maximum absolute atomic E-state index is 12.6. The predicted molar refractivity (Wildman–Crippen MR) is 137 cm³/mol. The van der Waals surface area contributed by atoms with Crippen LogP contribution in [0.5, 0.6) is 0 Å². The lowest BCUT2D eigenvalue weighted by atomic mass is 10.1. The second kappa shape index (κ2) is 8.98. The number of halogens is 1. The summed E-state index contributed by atoms with van der Waals surface area (Å²) in [4.78, 5) is 22.9. The number of aryl methyl sites for hydroxylation is 2. The van der Waals surface area contributed by atoms with Gasteiger partial charge in [-0.05, 0) is 37.1 Å². The van der Waals surface area contributed by atoms with Gasteiger partial charge in [0.1, 0.15) is 4.88 Å². The molecular weight excluding hydrogens is 460 g/mol. The van der Waals surface area contributed by atoms with Gasteiger partial charge in [-0.2, -0.15) is 0 Å². The van der Waals surface area contributed by atoms with Crippen LogP contribution in [0.25, 0.3) is 20.3 Å². The highest BCUT2D eigenvalue weighted by molar-refractivity contribution is 7.22. The number of piperazine rings is 1. The zero-order valence-electron chi connectivity index (χ0n) is 18.2. The van der Waals surface area contributed by atoms with Gasteiger partial charge >= 0.3 is 0 Å². The van der Waals surface area contributed by atoms with Crippen LogP contribution in [0.1, 0.15) is 20.8 Å². The Kier molecular flexibility index (Phi) is 6.07. The van der Waals surface area contributed by atoms with Crippen molar-refractivity contribution < 1.29 is 4.79 Å². The molecule has 5 rings (SSSR count). The zero-order chi connectivity index (χ0) is 22.2. The molecule has 0 bridgehead atoms. The number of anilines is 1. The van der Waals surface area contributed by atoms with Crippen LogP contribution in [0.4, 0.5) is 5.13 Å². The molecular formula is C24H25ClN4OS2. The Morgan fingerprint density at radius 1 is 1.12 bits per heavy atom. The maximum atomic E-state index is 12.6. The number of rotatable bonds is 5. The summed E-state index contributed by atoms with van der Waals surface area (Å²) in [6.45, 7) is 9.57. The average Bonchev–Trinajstić information content (AvgIpc) is 3.36. The SMILES string of the molecule is Cc1cc(C)c2sc(N3CCN(CCNC(=O)c4sc5ccccc5c4Cl)CC3)nc2c1. The smallest absolute Gasteiger partial charge is 0.262 e. The molecule has 166 valence electrons. The molecule has 0 saturated carbocycles. The van der Waals surface area contributed by atoms with Crippen LogP contribution in [0.15, 0.2) is 36.4 Å². The highest BCUT2D eigenvalue weighted by atomic mass is 35.5. The van der Waals surface area contributed by atoms with E-state index in [1.54, 1.807) is 11.3 Å². The standard InChI is InChI=1S/C24H25ClN4OS2/c1-15-13-16(2)21-18(14-15)27-24(32-21)29-11-9-28(10-12-29)8-7-26-23(30)22-20(25)17-5-3-4-6-19(17)31-22/h3-6,13-14H,7-12H2,1-2H3,(H,26,30). The number of nitrogens with zero attached hydrogens (tertiary/aromatic N) is 3. The van der Waals surface area contributed by atoms with Crippen LogP contribution < -0.4 is 10.2 Å². The van der Waals surface area contributed by atoms with Crippen LogP contribution >= 0.6 is 34.3 Å². The van der Waals surface area contributed by atoms with Crippen molar-refractivity contribution in [2.45, 2.75) is 13.8 Å². The van der Waals surface area contributed by atoms with Crippen molar-refractivity contribution in [1.29, 1.82) is 0 Å². The normalized spacial score (nSPS) is 15.0. The number of aromatic nitrogens is 1. The van der Waals surface area contributed by atoms with Gasteiger partial charge in [-0.1, -0.05) is 47.2 Å². The Morgan fingerprint density at radius 2 is 1.91 bits per heavy atom. The minimum atomic E-state index is -0.0880. The molecule has 1 aliphatic heterocycles. The molecule has 5 nitrogen and oxygen atoms in total. The molecule has 0 atom stereocenters. The number of benzene rings is 2. The summed E-state index contributed by atoms with van der Waals surface area (Å²) in [5.41, 5.74) is 3.67. The molecule has 1 fully saturated rings. The molecule has 1 aliphatic rings. The number of fused-ring (bicyclic) bond motifs is 2. The molecule has 2 aromatic heterocycles. The van der Waals surface area contributed by atoms with Crippen molar-refractivity contribution in [1.82, 2.24) is 15.2 Å². The average molecular weight is 485 g/mol. The summed E-state index contributed by atoms with van der Waals surface area (Å²) < 4.78 is 2.33. The molecule has 0 aliphatic carbocycles. The van der Waals surface area contributed by atoms with E-state index in [0.29, 0.717) is 16.4 Å². The molecule has 0 radical (unpaired) electrons. The predicted octanol–water partition coefficient (Wildman–Crippen LogP) is 5.33. The lowest BCUT2D eigenvalue weighted by Crippen LogP contribution is -2.48. The largest absolute Gasteiger partial charge is 0.350 e. The van der Waals surface area contributed by atoms with E-state index in [4.69, 9.17) is 16.6 Å². The number of hydrogen-bond acceptors (Lipinski definition) is 6. The van der Waals surface area contributed by atoms with Gasteiger partial charge in [0.15, 0.2) is 5.13 Å². The third kappa shape index (κ3) is 4.22. The van der Waals surface area contributed by atoms with E-state index >= 15 is 0 Å². The monoisotopic (exact) mass is 484 g/mol. The third-order valence-electron chi connectivity index (χ3n) is 5.91. The number of nitrogens with one attached hydrogen (secondary N) is 1. The molecule has 0 spiro atoms. The van der Waals surface area contributed by atoms with Gasteiger partial charge in [0.25, 0.3) is 5.91 Å². The lowest BCUT2D eigenvalue weighted by molar-refractivity contribution is 0.0952. The van der Waals surface area contributed by atoms with Crippen LogP contribution in [-0.4, -0.2) is 55.1 Å². The molecule has 4 aromatic rings. The molecule has 1 amide bonds. The van der Waals surface area contributed by atoms with Crippen LogP contribution in [0.2, 0.25) is 5.02 Å². The number of carbonyl (C=O) groups is 1. The summed E-state index contributed by atoms with van der Waals surface area (Å²) in [5, 5.41) is 5.65. The highest BCUT2D eigenvalue weighted by Gasteiger charge is 2.21. The minimum Gasteiger partial charge on any atom is -0.350 e. The minimum absolute atomic E-state index is 0.0880. The van der Waals surface area contributed by atoms with Crippen molar-refractivity contribution in [3.8, 4) is 0 Å². The Labute approximate surface area is 200 Å². The van der Waals surface area contributed by atoms with E-state index in [0.717, 1.165) is 53.5 Å². The summed E-state index contributed by atoms with van der Waals surface area (Å²) in [5.74, 6) is -0.0880. The number of carbonyl (C=O) groups excluding carboxylic acids is 1. The van der Waals surface area contributed by atoms with E-state index < -0.39 is 0 Å². The highest BCUT2D eigenvalue weighted by Crippen LogP contribution is 2.35. The molecule has 2 aromatic carbocycles. The van der Waals surface area contributed by atoms with Gasteiger partial charge in [-0.15, -0.1) is 11.3 Å². The second-order valence-electron chi connectivity index (χ2n) is 8.25. The van der Waals surface area contributed by atoms with Gasteiger partial charge in [-0.3, -0.25) is 9.69 Å².